The summed E-state index contributed by atoms with van der Waals surface area (Å²) < 4.78 is 43.0. The summed E-state index contributed by atoms with van der Waals surface area (Å²) in [6.07, 6.45) is -4.55. The van der Waals surface area contributed by atoms with Crippen LogP contribution in [0, 0.1) is 5.92 Å². The lowest BCUT2D eigenvalue weighted by Gasteiger charge is -2.22. The molecule has 0 aliphatic heterocycles. The number of halogens is 4. The smallest absolute Gasteiger partial charge is 0.416 e. The van der Waals surface area contributed by atoms with Gasteiger partial charge in [-0.2, -0.15) is 13.2 Å². The van der Waals surface area contributed by atoms with Crippen LogP contribution < -0.4 is 16.0 Å². The molecule has 0 saturated carbocycles. The molecule has 0 unspecified atom stereocenters. The maximum Gasteiger partial charge on any atom is 0.416 e. The molecule has 1 aromatic carbocycles. The van der Waals surface area contributed by atoms with E-state index < -0.39 is 42.3 Å². The van der Waals surface area contributed by atoms with Gasteiger partial charge in [0.2, 0.25) is 0 Å². The average Bonchev–Trinajstić information content (AvgIpc) is 2.57. The summed E-state index contributed by atoms with van der Waals surface area (Å²) in [5.74, 6) is -1.98. The zero-order valence-corrected chi connectivity index (χ0v) is 16.2. The second kappa shape index (κ2) is 10.2. The lowest BCUT2D eigenvalue weighted by atomic mass is 10.0. The Morgan fingerprint density at radius 2 is 1.86 bits per heavy atom. The molecule has 0 aliphatic rings. The molecule has 0 aromatic heterocycles. The molecule has 1 atom stereocenters. The molecule has 0 saturated heterocycles. The van der Waals surface area contributed by atoms with Crippen molar-refractivity contribution in [1.82, 2.24) is 10.6 Å². The van der Waals surface area contributed by atoms with E-state index in [4.69, 9.17) is 16.3 Å². The Labute approximate surface area is 164 Å². The Morgan fingerprint density at radius 1 is 1.21 bits per heavy atom. The Morgan fingerprint density at radius 3 is 2.36 bits per heavy atom. The van der Waals surface area contributed by atoms with Crippen LogP contribution in [-0.4, -0.2) is 37.1 Å². The zero-order chi connectivity index (χ0) is 21.5. The van der Waals surface area contributed by atoms with Crippen LogP contribution in [0.2, 0.25) is 5.02 Å². The first-order valence-electron chi connectivity index (χ1n) is 8.33. The van der Waals surface area contributed by atoms with E-state index in [0.29, 0.717) is 6.54 Å². The van der Waals surface area contributed by atoms with Crippen molar-refractivity contribution in [3.8, 4) is 0 Å². The highest BCUT2D eigenvalue weighted by molar-refractivity contribution is 6.33. The summed E-state index contributed by atoms with van der Waals surface area (Å²) in [6, 6.07) is 0.976. The van der Waals surface area contributed by atoms with Gasteiger partial charge < -0.3 is 15.4 Å². The molecule has 11 heteroatoms. The number of alkyl halides is 3. The van der Waals surface area contributed by atoms with E-state index in [2.05, 4.69) is 10.6 Å². The van der Waals surface area contributed by atoms with Crippen LogP contribution >= 0.6 is 11.6 Å². The van der Waals surface area contributed by atoms with Crippen LogP contribution in [0.5, 0.6) is 0 Å². The molecule has 1 aromatic rings. The molecular formula is C17H21ClF3N3O4. The number of esters is 1. The van der Waals surface area contributed by atoms with Crippen LogP contribution in [-0.2, 0) is 20.5 Å². The number of rotatable bonds is 7. The van der Waals surface area contributed by atoms with Crippen LogP contribution in [0.25, 0.3) is 0 Å². The summed E-state index contributed by atoms with van der Waals surface area (Å²) in [5.41, 5.74) is -0.814. The van der Waals surface area contributed by atoms with Crippen LogP contribution in [0.4, 0.5) is 23.7 Å². The number of amides is 3. The van der Waals surface area contributed by atoms with Crippen LogP contribution in [0.15, 0.2) is 18.2 Å². The third kappa shape index (κ3) is 7.26. The molecule has 1 rings (SSSR count). The molecule has 0 aliphatic carbocycles. The highest BCUT2D eigenvalue weighted by atomic mass is 35.5. The Hall–Kier alpha value is -2.49. The molecule has 0 spiro atoms. The summed E-state index contributed by atoms with van der Waals surface area (Å²) in [4.78, 5) is 35.1. The normalized spacial score (nSPS) is 12.3. The molecule has 0 fully saturated rings. The molecule has 3 amide bonds. The van der Waals surface area contributed by atoms with Gasteiger partial charge in [0.05, 0.1) is 16.3 Å². The number of hydrogen-bond acceptors (Lipinski definition) is 5. The molecule has 3 N–H and O–H groups in total. The standard InChI is InChI=1S/C17H21ClF3N3O4/c1-4-22-16(27)24-13(25)8-28-15(26)14(9(2)3)23-12-6-5-10(7-11(12)18)17(19,20)21/h5-7,9,14,23H,4,8H2,1-3H3,(H2,22,24,25,27)/t14-/m0/s1. The van der Waals surface area contributed by atoms with E-state index in [1.165, 1.54) is 0 Å². The van der Waals surface area contributed by atoms with Gasteiger partial charge in [0.25, 0.3) is 5.91 Å². The summed E-state index contributed by atoms with van der Waals surface area (Å²) in [7, 11) is 0. The number of carbonyl (C=O) groups is 3. The van der Waals surface area contributed by atoms with Crippen molar-refractivity contribution in [2.24, 2.45) is 5.92 Å². The van der Waals surface area contributed by atoms with Gasteiger partial charge in [0, 0.05) is 6.54 Å². The quantitative estimate of drug-likeness (QED) is 0.585. The van der Waals surface area contributed by atoms with Crippen molar-refractivity contribution < 1.29 is 32.3 Å². The van der Waals surface area contributed by atoms with Gasteiger partial charge in [-0.1, -0.05) is 25.4 Å². The maximum absolute atomic E-state index is 12.7. The lowest BCUT2D eigenvalue weighted by molar-refractivity contribution is -0.149. The molecule has 0 bridgehead atoms. The monoisotopic (exact) mass is 423 g/mol. The van der Waals surface area contributed by atoms with Gasteiger partial charge in [-0.25, -0.2) is 9.59 Å². The molecular weight excluding hydrogens is 403 g/mol. The predicted octanol–water partition coefficient (Wildman–Crippen LogP) is 3.18. The first-order valence-corrected chi connectivity index (χ1v) is 8.71. The first-order chi connectivity index (χ1) is 13.0. The largest absolute Gasteiger partial charge is 0.454 e. The number of carbonyl (C=O) groups excluding carboxylic acids is 3. The number of urea groups is 1. The predicted molar refractivity (Wildman–Crippen MR) is 96.9 cm³/mol. The third-order valence-corrected chi connectivity index (χ3v) is 3.78. The average molecular weight is 424 g/mol. The van der Waals surface area contributed by atoms with Gasteiger partial charge >= 0.3 is 18.2 Å². The van der Waals surface area contributed by atoms with Crippen molar-refractivity contribution >= 4 is 35.2 Å². The highest BCUT2D eigenvalue weighted by Crippen LogP contribution is 2.34. The SMILES string of the molecule is CCNC(=O)NC(=O)COC(=O)[C@@H](Nc1ccc(C(F)(F)F)cc1Cl)C(C)C. The van der Waals surface area contributed by atoms with Gasteiger partial charge in [-0.3, -0.25) is 10.1 Å². The van der Waals surface area contributed by atoms with E-state index in [-0.39, 0.29) is 16.6 Å². The van der Waals surface area contributed by atoms with E-state index in [9.17, 15) is 27.6 Å². The Kier molecular flexibility index (Phi) is 8.55. The number of anilines is 1. The maximum atomic E-state index is 12.7. The van der Waals surface area contributed by atoms with Gasteiger partial charge in [0.15, 0.2) is 6.61 Å². The van der Waals surface area contributed by atoms with Crippen molar-refractivity contribution in [1.29, 1.82) is 0 Å². The fourth-order valence-corrected chi connectivity index (χ4v) is 2.30. The fourth-order valence-electron chi connectivity index (χ4n) is 2.07. The minimum Gasteiger partial charge on any atom is -0.454 e. The van der Waals surface area contributed by atoms with Gasteiger partial charge in [-0.15, -0.1) is 0 Å². The zero-order valence-electron chi connectivity index (χ0n) is 15.4. The first kappa shape index (κ1) is 23.5. The molecule has 156 valence electrons. The Bertz CT molecular complexity index is 726. The molecule has 7 nitrogen and oxygen atoms in total. The fraction of sp³-hybridized carbons (Fsp3) is 0.471. The second-order valence-electron chi connectivity index (χ2n) is 6.07. The lowest BCUT2D eigenvalue weighted by Crippen LogP contribution is -2.43. The summed E-state index contributed by atoms with van der Waals surface area (Å²) in [6.45, 7) is 4.63. The third-order valence-electron chi connectivity index (χ3n) is 3.46. The second-order valence-corrected chi connectivity index (χ2v) is 6.48. The van der Waals surface area contributed by atoms with Gasteiger partial charge in [0.1, 0.15) is 6.04 Å². The minimum absolute atomic E-state index is 0.108. The number of hydrogen-bond donors (Lipinski definition) is 3. The topological polar surface area (TPSA) is 96.5 Å². The van der Waals surface area contributed by atoms with Crippen molar-refractivity contribution in [3.05, 3.63) is 28.8 Å². The van der Waals surface area contributed by atoms with Crippen LogP contribution in [0.1, 0.15) is 26.3 Å². The van der Waals surface area contributed by atoms with Crippen molar-refractivity contribution in [2.75, 3.05) is 18.5 Å². The number of nitrogens with one attached hydrogen (secondary N) is 3. The van der Waals surface area contributed by atoms with Crippen molar-refractivity contribution in [3.63, 3.8) is 0 Å². The van der Waals surface area contributed by atoms with Crippen molar-refractivity contribution in [2.45, 2.75) is 33.0 Å². The van der Waals surface area contributed by atoms with E-state index in [1.54, 1.807) is 20.8 Å². The number of ether oxygens (including phenoxy) is 1. The Balaban J connectivity index is 2.76. The number of imide groups is 1. The molecule has 28 heavy (non-hydrogen) atoms. The molecule has 0 heterocycles. The summed E-state index contributed by atoms with van der Waals surface area (Å²) in [5, 5.41) is 6.81. The number of benzene rings is 1. The van der Waals surface area contributed by atoms with E-state index in [1.807, 2.05) is 5.32 Å². The minimum atomic E-state index is -4.55. The van der Waals surface area contributed by atoms with Crippen LogP contribution in [0.3, 0.4) is 0 Å². The van der Waals surface area contributed by atoms with E-state index in [0.717, 1.165) is 18.2 Å². The molecule has 0 radical (unpaired) electrons. The van der Waals surface area contributed by atoms with E-state index >= 15 is 0 Å². The summed E-state index contributed by atoms with van der Waals surface area (Å²) >= 11 is 5.88. The van der Waals surface area contributed by atoms with Gasteiger partial charge in [-0.05, 0) is 31.0 Å². The highest BCUT2D eigenvalue weighted by Gasteiger charge is 2.31.